The summed E-state index contributed by atoms with van der Waals surface area (Å²) in [7, 11) is 1.64. The minimum atomic E-state index is -0.784. The summed E-state index contributed by atoms with van der Waals surface area (Å²) in [6, 6.07) is 10.7. The molecule has 2 aliphatic rings. The Morgan fingerprint density at radius 2 is 1.87 bits per heavy atom. The number of methoxy groups -OCH3 is 1. The molecule has 0 radical (unpaired) electrons. The molecular weight excluding hydrogens is 397 g/mol. The molecule has 0 amide bonds. The van der Waals surface area contributed by atoms with Crippen molar-refractivity contribution in [3.8, 4) is 11.5 Å². The monoisotopic (exact) mass is 425 g/mol. The van der Waals surface area contributed by atoms with Crippen molar-refractivity contribution in [1.29, 1.82) is 0 Å². The number of halogens is 1. The molecule has 2 aliphatic heterocycles. The van der Waals surface area contributed by atoms with Gasteiger partial charge < -0.3 is 19.5 Å². The van der Waals surface area contributed by atoms with Crippen molar-refractivity contribution in [2.45, 2.75) is 33.3 Å². The number of hydrogen-bond donors (Lipinski definition) is 1. The van der Waals surface area contributed by atoms with Gasteiger partial charge in [-0.3, -0.25) is 4.79 Å². The fraction of sp³-hybridized carbons (Fsp3) is 0.400. The van der Waals surface area contributed by atoms with E-state index in [0.717, 1.165) is 53.9 Å². The Morgan fingerprint density at radius 3 is 2.55 bits per heavy atom. The van der Waals surface area contributed by atoms with E-state index in [1.165, 1.54) is 17.7 Å². The highest BCUT2D eigenvalue weighted by atomic mass is 19.1. The summed E-state index contributed by atoms with van der Waals surface area (Å²) in [5.74, 6) is 0.204. The third kappa shape index (κ3) is 4.30. The summed E-state index contributed by atoms with van der Waals surface area (Å²) < 4.78 is 25.3. The molecule has 4 rings (SSSR count). The Morgan fingerprint density at radius 1 is 1.16 bits per heavy atom. The first-order chi connectivity index (χ1) is 14.8. The van der Waals surface area contributed by atoms with E-state index < -0.39 is 11.4 Å². The molecule has 164 valence electrons. The van der Waals surface area contributed by atoms with E-state index in [0.29, 0.717) is 18.9 Å². The van der Waals surface area contributed by atoms with Crippen molar-refractivity contribution >= 4 is 11.5 Å². The van der Waals surface area contributed by atoms with Crippen molar-refractivity contribution in [3.05, 3.63) is 64.5 Å². The molecule has 2 heterocycles. The van der Waals surface area contributed by atoms with Gasteiger partial charge in [-0.25, -0.2) is 4.39 Å². The number of carboxylic acid groups (broad SMARTS) is 1. The molecule has 6 heteroatoms. The molecule has 1 saturated heterocycles. The first-order valence-electron chi connectivity index (χ1n) is 10.6. The number of benzene rings is 2. The Hall–Kier alpha value is -2.86. The lowest BCUT2D eigenvalue weighted by Crippen LogP contribution is -2.42. The van der Waals surface area contributed by atoms with Crippen LogP contribution in [0.5, 0.6) is 11.5 Å². The van der Waals surface area contributed by atoms with Crippen LogP contribution in [0, 0.1) is 11.2 Å². The predicted octanol–water partition coefficient (Wildman–Crippen LogP) is 4.74. The van der Waals surface area contributed by atoms with Gasteiger partial charge in [-0.05, 0) is 62.1 Å². The molecule has 5 nitrogen and oxygen atoms in total. The van der Waals surface area contributed by atoms with Gasteiger partial charge in [0.25, 0.3) is 0 Å². The van der Waals surface area contributed by atoms with Crippen LogP contribution in [0.4, 0.5) is 4.39 Å². The second kappa shape index (κ2) is 8.35. The van der Waals surface area contributed by atoms with Gasteiger partial charge in [0.2, 0.25) is 0 Å². The Balaban J connectivity index is 1.72. The first kappa shape index (κ1) is 21.4. The second-order valence-corrected chi connectivity index (χ2v) is 8.90. The number of piperidine rings is 1. The zero-order valence-electron chi connectivity index (χ0n) is 18.2. The van der Waals surface area contributed by atoms with Gasteiger partial charge in [0.05, 0.1) is 12.5 Å². The Labute approximate surface area is 182 Å². The topological polar surface area (TPSA) is 59.0 Å². The van der Waals surface area contributed by atoms with Crippen LogP contribution in [0.25, 0.3) is 5.57 Å². The van der Waals surface area contributed by atoms with Gasteiger partial charge in [-0.2, -0.15) is 0 Å². The molecule has 2 aromatic carbocycles. The SMILES string of the molecule is COc1ccc2c(c1)COc1cc(F)ccc1C2=C1CCN(CC(C)(C)C(=O)O)CC1. The lowest BCUT2D eigenvalue weighted by Gasteiger charge is -2.34. The van der Waals surface area contributed by atoms with E-state index in [2.05, 4.69) is 11.0 Å². The van der Waals surface area contributed by atoms with Gasteiger partial charge in [-0.15, -0.1) is 0 Å². The van der Waals surface area contributed by atoms with Crippen molar-refractivity contribution in [3.63, 3.8) is 0 Å². The smallest absolute Gasteiger partial charge is 0.310 e. The van der Waals surface area contributed by atoms with Crippen LogP contribution >= 0.6 is 0 Å². The molecule has 2 aromatic rings. The fourth-order valence-corrected chi connectivity index (χ4v) is 4.42. The van der Waals surface area contributed by atoms with Crippen molar-refractivity contribution in [1.82, 2.24) is 4.90 Å². The zero-order chi connectivity index (χ0) is 22.2. The van der Waals surface area contributed by atoms with E-state index >= 15 is 0 Å². The predicted molar refractivity (Wildman–Crippen MR) is 117 cm³/mol. The minimum Gasteiger partial charge on any atom is -0.497 e. The van der Waals surface area contributed by atoms with E-state index in [4.69, 9.17) is 9.47 Å². The minimum absolute atomic E-state index is 0.322. The molecule has 0 saturated carbocycles. The number of nitrogens with zero attached hydrogens (tertiary/aromatic N) is 1. The number of aliphatic carboxylic acids is 1. The van der Waals surface area contributed by atoms with Crippen molar-refractivity contribution in [2.24, 2.45) is 5.41 Å². The number of carboxylic acids is 1. The zero-order valence-corrected chi connectivity index (χ0v) is 18.2. The fourth-order valence-electron chi connectivity index (χ4n) is 4.42. The van der Waals surface area contributed by atoms with Crippen LogP contribution in [-0.2, 0) is 11.4 Å². The molecular formula is C25H28FNO4. The summed E-state index contributed by atoms with van der Waals surface area (Å²) >= 11 is 0. The molecule has 1 N–H and O–H groups in total. The van der Waals surface area contributed by atoms with Crippen LogP contribution < -0.4 is 9.47 Å². The summed E-state index contributed by atoms with van der Waals surface area (Å²) in [5.41, 5.74) is 4.60. The number of hydrogen-bond acceptors (Lipinski definition) is 4. The molecule has 0 unspecified atom stereocenters. The van der Waals surface area contributed by atoms with Crippen molar-refractivity contribution in [2.75, 3.05) is 26.7 Å². The summed E-state index contributed by atoms with van der Waals surface area (Å²) in [6.45, 7) is 5.97. The Bertz CT molecular complexity index is 1030. The lowest BCUT2D eigenvalue weighted by atomic mass is 9.85. The first-order valence-corrected chi connectivity index (χ1v) is 10.6. The van der Waals surface area contributed by atoms with Crippen LogP contribution in [0.3, 0.4) is 0 Å². The largest absolute Gasteiger partial charge is 0.497 e. The van der Waals surface area contributed by atoms with E-state index in [1.54, 1.807) is 27.0 Å². The molecule has 0 aromatic heterocycles. The summed E-state index contributed by atoms with van der Waals surface area (Å²) in [6.07, 6.45) is 1.65. The number of ether oxygens (including phenoxy) is 2. The maximum Gasteiger partial charge on any atom is 0.310 e. The van der Waals surface area contributed by atoms with Gasteiger partial charge >= 0.3 is 5.97 Å². The average Bonchev–Trinajstić information content (AvgIpc) is 2.90. The molecule has 31 heavy (non-hydrogen) atoms. The average molecular weight is 426 g/mol. The quantitative estimate of drug-likeness (QED) is 0.767. The number of fused-ring (bicyclic) bond motifs is 2. The van der Waals surface area contributed by atoms with Gasteiger partial charge in [-0.1, -0.05) is 11.6 Å². The number of rotatable bonds is 4. The van der Waals surface area contributed by atoms with Gasteiger partial charge in [0, 0.05) is 36.8 Å². The Kier molecular flexibility index (Phi) is 5.75. The van der Waals surface area contributed by atoms with E-state index in [1.807, 2.05) is 12.1 Å². The van der Waals surface area contributed by atoms with Gasteiger partial charge in [0.1, 0.15) is 23.9 Å². The van der Waals surface area contributed by atoms with Gasteiger partial charge in [0.15, 0.2) is 0 Å². The third-order valence-electron chi connectivity index (χ3n) is 6.19. The highest BCUT2D eigenvalue weighted by molar-refractivity contribution is 5.87. The van der Waals surface area contributed by atoms with Crippen LogP contribution in [-0.4, -0.2) is 42.7 Å². The summed E-state index contributed by atoms with van der Waals surface area (Å²) in [5, 5.41) is 9.45. The van der Waals surface area contributed by atoms with Crippen LogP contribution in [0.2, 0.25) is 0 Å². The number of carbonyl (C=O) groups is 1. The molecule has 1 fully saturated rings. The van der Waals surface area contributed by atoms with Crippen LogP contribution in [0.1, 0.15) is 43.4 Å². The highest BCUT2D eigenvalue weighted by Crippen LogP contribution is 2.42. The second-order valence-electron chi connectivity index (χ2n) is 8.90. The highest BCUT2D eigenvalue weighted by Gasteiger charge is 2.32. The standard InChI is InChI=1S/C25H28FNO4/c1-25(2,24(28)29)15-27-10-8-16(9-11-27)23-20-7-5-19(30-3)12-17(20)14-31-22-13-18(26)4-6-21(22)23/h4-7,12-13H,8-11,14-15H2,1-3H3,(H,28,29). The maximum atomic E-state index is 13.9. The van der Waals surface area contributed by atoms with E-state index in [9.17, 15) is 14.3 Å². The molecule has 0 atom stereocenters. The molecule has 0 aliphatic carbocycles. The molecule has 0 spiro atoms. The number of likely N-dealkylation sites (tertiary alicyclic amines) is 1. The maximum absolute atomic E-state index is 13.9. The van der Waals surface area contributed by atoms with Crippen molar-refractivity contribution < 1.29 is 23.8 Å². The van der Waals surface area contributed by atoms with E-state index in [-0.39, 0.29) is 5.82 Å². The summed E-state index contributed by atoms with van der Waals surface area (Å²) in [4.78, 5) is 13.7. The third-order valence-corrected chi connectivity index (χ3v) is 6.19. The lowest BCUT2D eigenvalue weighted by molar-refractivity contribution is -0.148. The van der Waals surface area contributed by atoms with Crippen LogP contribution in [0.15, 0.2) is 42.0 Å². The molecule has 0 bridgehead atoms. The normalized spacial score (nSPS) is 16.8.